The highest BCUT2D eigenvalue weighted by atomic mass is 32.3. The molecule has 4 rings (SSSR count). The molecule has 0 bridgehead atoms. The van der Waals surface area contributed by atoms with Gasteiger partial charge in [0.15, 0.2) is 0 Å². The lowest BCUT2D eigenvalue weighted by Crippen LogP contribution is -2.42. The molecule has 0 aliphatic heterocycles. The zero-order chi connectivity index (χ0) is 25.6. The van der Waals surface area contributed by atoms with Gasteiger partial charge in [-0.1, -0.05) is 64.5 Å². The van der Waals surface area contributed by atoms with Crippen LogP contribution >= 0.6 is 0 Å². The fourth-order valence-electron chi connectivity index (χ4n) is 3.85. The SMILES string of the molecule is O=C(N[C@@H](Cc1ccc(O)cc1)C(=O)O)OCC1c2ccccc2-c2ccccc21.O=S(=O)(O)F. The lowest BCUT2D eigenvalue weighted by molar-refractivity contribution is -0.139. The van der Waals surface area contributed by atoms with Crippen molar-refractivity contribution < 1.29 is 41.4 Å². The lowest BCUT2D eigenvalue weighted by atomic mass is 9.98. The minimum absolute atomic E-state index is 0.0831. The quantitative estimate of drug-likeness (QED) is 0.294. The van der Waals surface area contributed by atoms with E-state index in [0.717, 1.165) is 22.3 Å². The van der Waals surface area contributed by atoms with Gasteiger partial charge in [0.2, 0.25) is 0 Å². The Bertz CT molecular complexity index is 1260. The van der Waals surface area contributed by atoms with E-state index in [1.165, 1.54) is 12.1 Å². The van der Waals surface area contributed by atoms with Gasteiger partial charge in [-0.2, -0.15) is 8.42 Å². The fourth-order valence-corrected chi connectivity index (χ4v) is 3.85. The Balaban J connectivity index is 0.000000623. The second-order valence-corrected chi connectivity index (χ2v) is 8.47. The summed E-state index contributed by atoms with van der Waals surface area (Å²) >= 11 is 0. The van der Waals surface area contributed by atoms with Crippen LogP contribution in [0.1, 0.15) is 22.6 Å². The maximum absolute atomic E-state index is 12.3. The molecule has 0 fully saturated rings. The van der Waals surface area contributed by atoms with E-state index in [-0.39, 0.29) is 24.7 Å². The third-order valence-electron chi connectivity index (χ3n) is 5.31. The molecule has 4 N–H and O–H groups in total. The molecule has 0 radical (unpaired) electrons. The summed E-state index contributed by atoms with van der Waals surface area (Å²) in [5, 5.41) is 21.2. The average molecular weight is 504 g/mol. The summed E-state index contributed by atoms with van der Waals surface area (Å²) in [5.41, 5.74) is 5.10. The number of aliphatic carboxylic acids is 1. The Kier molecular flexibility index (Phi) is 8.05. The molecule has 0 heterocycles. The number of carboxylic acids is 1. The van der Waals surface area contributed by atoms with Gasteiger partial charge in [0.25, 0.3) is 0 Å². The van der Waals surface area contributed by atoms with Crippen LogP contribution < -0.4 is 5.32 Å². The van der Waals surface area contributed by atoms with Crippen molar-refractivity contribution in [1.82, 2.24) is 5.32 Å². The number of amides is 1. The first-order valence-electron chi connectivity index (χ1n) is 10.3. The average Bonchev–Trinajstić information content (AvgIpc) is 3.11. The van der Waals surface area contributed by atoms with Crippen LogP contribution in [0.4, 0.5) is 8.68 Å². The Morgan fingerprint density at radius 1 is 0.943 bits per heavy atom. The fraction of sp³-hybridized carbons (Fsp3) is 0.167. The summed E-state index contributed by atoms with van der Waals surface area (Å²) in [7, 11) is -5.17. The van der Waals surface area contributed by atoms with Crippen LogP contribution in [0.25, 0.3) is 11.1 Å². The molecule has 0 unspecified atom stereocenters. The predicted octanol–water partition coefficient (Wildman–Crippen LogP) is 3.69. The van der Waals surface area contributed by atoms with Crippen LogP contribution in [0.2, 0.25) is 0 Å². The van der Waals surface area contributed by atoms with E-state index in [0.29, 0.717) is 5.56 Å². The number of nitrogens with one attached hydrogen (secondary N) is 1. The molecule has 0 saturated carbocycles. The van der Waals surface area contributed by atoms with Crippen molar-refractivity contribution in [3.63, 3.8) is 0 Å². The molecule has 184 valence electrons. The van der Waals surface area contributed by atoms with Crippen molar-refractivity contribution in [2.24, 2.45) is 0 Å². The number of carbonyl (C=O) groups excluding carboxylic acids is 1. The van der Waals surface area contributed by atoms with E-state index in [9.17, 15) is 23.7 Å². The maximum Gasteiger partial charge on any atom is 0.435 e. The van der Waals surface area contributed by atoms with Crippen molar-refractivity contribution in [3.05, 3.63) is 89.5 Å². The van der Waals surface area contributed by atoms with Crippen LogP contribution in [0.15, 0.2) is 72.8 Å². The molecule has 0 saturated heterocycles. The third-order valence-corrected chi connectivity index (χ3v) is 5.31. The number of alkyl carbamates (subject to hydrolysis) is 1. The van der Waals surface area contributed by atoms with E-state index in [1.807, 2.05) is 48.5 Å². The number of carboxylic acid groups (broad SMARTS) is 1. The summed E-state index contributed by atoms with van der Waals surface area (Å²) in [6.07, 6.45) is -0.692. The van der Waals surface area contributed by atoms with Gasteiger partial charge in [-0.3, -0.25) is 4.55 Å². The second kappa shape index (κ2) is 11.0. The molecule has 11 heteroatoms. The van der Waals surface area contributed by atoms with Crippen LogP contribution in [0.3, 0.4) is 0 Å². The minimum Gasteiger partial charge on any atom is -0.508 e. The number of ether oxygens (including phenoxy) is 1. The van der Waals surface area contributed by atoms with Gasteiger partial charge in [-0.15, -0.1) is 0 Å². The van der Waals surface area contributed by atoms with Crippen LogP contribution in [-0.2, 0) is 26.5 Å². The highest BCUT2D eigenvalue weighted by Crippen LogP contribution is 2.44. The normalized spacial score (nSPS) is 13.0. The van der Waals surface area contributed by atoms with Gasteiger partial charge in [0, 0.05) is 12.3 Å². The molecule has 3 aromatic rings. The predicted molar refractivity (Wildman–Crippen MR) is 124 cm³/mol. The highest BCUT2D eigenvalue weighted by Gasteiger charge is 2.29. The van der Waals surface area contributed by atoms with Gasteiger partial charge < -0.3 is 20.3 Å². The van der Waals surface area contributed by atoms with Crippen molar-refractivity contribution in [2.45, 2.75) is 18.4 Å². The smallest absolute Gasteiger partial charge is 0.435 e. The van der Waals surface area contributed by atoms with Crippen molar-refractivity contribution in [2.75, 3.05) is 6.61 Å². The van der Waals surface area contributed by atoms with Crippen LogP contribution in [-0.4, -0.2) is 47.9 Å². The van der Waals surface area contributed by atoms with Crippen molar-refractivity contribution in [1.29, 1.82) is 0 Å². The molecular weight excluding hydrogens is 481 g/mol. The number of halogens is 1. The Morgan fingerprint density at radius 2 is 1.43 bits per heavy atom. The summed E-state index contributed by atoms with van der Waals surface area (Å²) in [5.74, 6) is -1.16. The number of benzene rings is 3. The van der Waals surface area contributed by atoms with Gasteiger partial charge in [0.1, 0.15) is 18.4 Å². The monoisotopic (exact) mass is 503 g/mol. The number of phenols is 1. The lowest BCUT2D eigenvalue weighted by Gasteiger charge is -2.17. The Hall–Kier alpha value is -3.96. The summed E-state index contributed by atoms with van der Waals surface area (Å²) in [6.45, 7) is 0.116. The zero-order valence-corrected chi connectivity index (χ0v) is 19.0. The first-order chi connectivity index (χ1) is 16.5. The molecular formula is C24H22FNO8S. The standard InChI is InChI=1S/C24H21NO5.FHO3S/c26-16-11-9-15(10-12-16)13-22(23(27)28)25-24(29)30-14-21-19-7-3-1-5-17(19)18-6-2-4-8-20(18)21;1-5(2,3)4/h1-12,21-22,26H,13-14H2,(H,25,29)(H,27,28);(H,2,3,4)/t22-;/m0./s1. The van der Waals surface area contributed by atoms with Gasteiger partial charge in [0.05, 0.1) is 0 Å². The molecule has 3 aromatic carbocycles. The number of hydrogen-bond acceptors (Lipinski definition) is 6. The van der Waals surface area contributed by atoms with Crippen molar-refractivity contribution in [3.8, 4) is 16.9 Å². The van der Waals surface area contributed by atoms with Crippen molar-refractivity contribution >= 4 is 22.6 Å². The van der Waals surface area contributed by atoms with E-state index in [4.69, 9.17) is 17.7 Å². The third kappa shape index (κ3) is 7.26. The topological polar surface area (TPSA) is 150 Å². The maximum atomic E-state index is 12.3. The van der Waals surface area contributed by atoms with Gasteiger partial charge >= 0.3 is 22.6 Å². The number of rotatable bonds is 6. The van der Waals surface area contributed by atoms with E-state index in [1.54, 1.807) is 12.1 Å². The summed E-state index contributed by atoms with van der Waals surface area (Å²) in [4.78, 5) is 23.9. The second-order valence-electron chi connectivity index (χ2n) is 7.64. The van der Waals surface area contributed by atoms with E-state index in [2.05, 4.69) is 5.32 Å². The number of fused-ring (bicyclic) bond motifs is 3. The molecule has 0 aromatic heterocycles. The van der Waals surface area contributed by atoms with Gasteiger partial charge in [-0.05, 0) is 39.9 Å². The molecule has 9 nitrogen and oxygen atoms in total. The minimum atomic E-state index is -5.17. The van der Waals surface area contributed by atoms with Crippen LogP contribution in [0.5, 0.6) is 5.75 Å². The molecule has 1 atom stereocenters. The largest absolute Gasteiger partial charge is 0.508 e. The van der Waals surface area contributed by atoms with Crippen LogP contribution in [0, 0.1) is 0 Å². The molecule has 0 spiro atoms. The highest BCUT2D eigenvalue weighted by molar-refractivity contribution is 7.80. The Labute approximate surface area is 200 Å². The molecule has 1 amide bonds. The Morgan fingerprint density at radius 3 is 1.91 bits per heavy atom. The van der Waals surface area contributed by atoms with E-state index < -0.39 is 28.6 Å². The summed E-state index contributed by atoms with van der Waals surface area (Å²) in [6, 6.07) is 21.0. The number of hydrogen-bond donors (Lipinski definition) is 4. The zero-order valence-electron chi connectivity index (χ0n) is 18.2. The molecule has 1 aliphatic carbocycles. The summed E-state index contributed by atoms with van der Waals surface area (Å²) < 4.78 is 39.5. The van der Waals surface area contributed by atoms with Gasteiger partial charge in [-0.25, -0.2) is 9.59 Å². The number of phenolic OH excluding ortho intramolecular Hbond substituents is 1. The van der Waals surface area contributed by atoms with E-state index >= 15 is 0 Å². The number of carbonyl (C=O) groups is 2. The molecule has 35 heavy (non-hydrogen) atoms. The first kappa shape index (κ1) is 25.7. The first-order valence-corrected chi connectivity index (χ1v) is 11.7. The molecule has 1 aliphatic rings. The number of aromatic hydroxyl groups is 1.